The van der Waals surface area contributed by atoms with E-state index in [9.17, 15) is 24.5 Å². The maximum absolute atomic E-state index is 14.5. The molecule has 1 heterocycles. The number of Topliss-reactive ketones (excluding diaryl/α,β-unsaturated/α-hetero) is 1. The highest BCUT2D eigenvalue weighted by Crippen LogP contribution is 2.21. The summed E-state index contributed by atoms with van der Waals surface area (Å²) in [5.41, 5.74) is 1.97. The zero-order chi connectivity index (χ0) is 23.5. The summed E-state index contributed by atoms with van der Waals surface area (Å²) in [4.78, 5) is 13.4. The van der Waals surface area contributed by atoms with Gasteiger partial charge >= 0.3 is 0 Å². The number of ether oxygens (including phenoxy) is 1. The first-order valence-electron chi connectivity index (χ1n) is 11.0. The van der Waals surface area contributed by atoms with E-state index in [1.165, 1.54) is 6.07 Å². The summed E-state index contributed by atoms with van der Waals surface area (Å²) in [5, 5.41) is 29.1. The largest absolute Gasteiger partial charge is 0.395 e. The monoisotopic (exact) mass is 447 g/mol. The highest BCUT2D eigenvalue weighted by Gasteiger charge is 2.40. The molecule has 1 aliphatic heterocycles. The average Bonchev–Trinajstić information content (AvgIpc) is 2.78. The molecule has 1 aliphatic rings. The minimum Gasteiger partial charge on any atom is -0.395 e. The van der Waals surface area contributed by atoms with Crippen LogP contribution in [0.25, 0.3) is 5.57 Å². The molecule has 176 valence electrons. The van der Waals surface area contributed by atoms with Gasteiger partial charge in [-0.3, -0.25) is 9.69 Å². The van der Waals surface area contributed by atoms with Crippen molar-refractivity contribution >= 4 is 11.4 Å². The van der Waals surface area contributed by atoms with Gasteiger partial charge in [-0.1, -0.05) is 43.0 Å². The van der Waals surface area contributed by atoms with Crippen molar-refractivity contribution in [3.8, 4) is 0 Å². The van der Waals surface area contributed by atoms with Crippen LogP contribution in [-0.2, 0) is 16.1 Å². The van der Waals surface area contributed by atoms with Gasteiger partial charge in [-0.2, -0.15) is 0 Å². The van der Waals surface area contributed by atoms with Crippen LogP contribution >= 0.6 is 0 Å². The number of β-amino-alcohol motifs (C(OH)–C–C–N with tert-alkyl or cyclic N) is 1. The Kier molecular flexibility index (Phi) is 10.9. The van der Waals surface area contributed by atoms with Crippen LogP contribution in [0.15, 0.2) is 49.1 Å². The van der Waals surface area contributed by atoms with Crippen molar-refractivity contribution in [3.05, 3.63) is 66.0 Å². The van der Waals surface area contributed by atoms with Crippen molar-refractivity contribution in [2.45, 2.75) is 51.0 Å². The molecule has 1 aromatic rings. The van der Waals surface area contributed by atoms with Crippen molar-refractivity contribution in [3.63, 3.8) is 0 Å². The van der Waals surface area contributed by atoms with E-state index in [1.54, 1.807) is 17.0 Å². The van der Waals surface area contributed by atoms with Crippen LogP contribution in [0.2, 0.25) is 0 Å². The second-order valence-corrected chi connectivity index (χ2v) is 7.89. The van der Waals surface area contributed by atoms with Crippen molar-refractivity contribution in [1.29, 1.82) is 0 Å². The fraction of sp³-hybridized carbons (Fsp3) is 0.480. The lowest BCUT2D eigenvalue weighted by molar-refractivity contribution is -0.150. The van der Waals surface area contributed by atoms with Crippen LogP contribution in [0.3, 0.4) is 0 Å². The lowest BCUT2D eigenvalue weighted by Gasteiger charge is -2.39. The molecular formula is C25H34FNO5. The number of hydrogen-bond donors (Lipinski definition) is 3. The second kappa shape index (κ2) is 13.4. The van der Waals surface area contributed by atoms with Gasteiger partial charge < -0.3 is 20.1 Å². The number of nitrogens with zero attached hydrogens (tertiary/aromatic N) is 1. The van der Waals surface area contributed by atoms with E-state index in [4.69, 9.17) is 4.74 Å². The van der Waals surface area contributed by atoms with Gasteiger partial charge in [-0.05, 0) is 49.9 Å². The van der Waals surface area contributed by atoms with E-state index in [-0.39, 0.29) is 19.0 Å². The normalized spacial score (nSPS) is 22.6. The van der Waals surface area contributed by atoms with Crippen molar-refractivity contribution in [2.24, 2.45) is 0 Å². The molecule has 1 fully saturated rings. The van der Waals surface area contributed by atoms with E-state index in [1.807, 2.05) is 31.2 Å². The van der Waals surface area contributed by atoms with Crippen LogP contribution in [0.5, 0.6) is 0 Å². The highest BCUT2D eigenvalue weighted by atomic mass is 19.1. The minimum atomic E-state index is -1.36. The molecule has 0 amide bonds. The summed E-state index contributed by atoms with van der Waals surface area (Å²) in [6.45, 7) is 6.82. The van der Waals surface area contributed by atoms with Gasteiger partial charge in [0.15, 0.2) is 5.78 Å². The Morgan fingerprint density at radius 2 is 2.09 bits per heavy atom. The number of ketones is 1. The Bertz CT molecular complexity index is 823. The fourth-order valence-electron chi connectivity index (χ4n) is 3.74. The zero-order valence-electron chi connectivity index (χ0n) is 18.6. The van der Waals surface area contributed by atoms with Gasteiger partial charge in [0, 0.05) is 18.7 Å². The summed E-state index contributed by atoms with van der Waals surface area (Å²) in [6, 6.07) is 4.38. The van der Waals surface area contributed by atoms with Gasteiger partial charge in [0.05, 0.1) is 19.3 Å². The number of carbonyl (C=O) groups excluding carboxylic acids is 1. The topological polar surface area (TPSA) is 90.2 Å². The molecule has 0 saturated carbocycles. The smallest absolute Gasteiger partial charge is 0.192 e. The SMILES string of the molecule is C=C/C(=C\C=C/C)c1ccc(COCCCCCN2C[C@H](O)C(=O)[C@H](O)[C@@H]2CO)cc1F. The third kappa shape index (κ3) is 7.18. The van der Waals surface area contributed by atoms with E-state index in [2.05, 4.69) is 6.58 Å². The molecule has 7 heteroatoms. The number of aliphatic hydroxyl groups excluding tert-OH is 3. The number of rotatable bonds is 12. The molecule has 32 heavy (non-hydrogen) atoms. The molecular weight excluding hydrogens is 413 g/mol. The highest BCUT2D eigenvalue weighted by molar-refractivity contribution is 5.88. The van der Waals surface area contributed by atoms with Crippen molar-refractivity contribution in [2.75, 3.05) is 26.3 Å². The first-order valence-corrected chi connectivity index (χ1v) is 11.0. The summed E-state index contributed by atoms with van der Waals surface area (Å²) in [7, 11) is 0. The molecule has 3 N–H and O–H groups in total. The molecule has 3 atom stereocenters. The molecule has 0 unspecified atom stereocenters. The summed E-state index contributed by atoms with van der Waals surface area (Å²) >= 11 is 0. The van der Waals surface area contributed by atoms with Gasteiger partial charge in [-0.25, -0.2) is 4.39 Å². The number of unbranched alkanes of at least 4 members (excludes halogenated alkanes) is 2. The van der Waals surface area contributed by atoms with Gasteiger partial charge in [-0.15, -0.1) is 0 Å². The third-order valence-corrected chi connectivity index (χ3v) is 5.58. The molecule has 1 aromatic carbocycles. The van der Waals surface area contributed by atoms with Crippen LogP contribution in [0, 0.1) is 5.82 Å². The van der Waals surface area contributed by atoms with Gasteiger partial charge in [0.1, 0.15) is 18.0 Å². The third-order valence-electron chi connectivity index (χ3n) is 5.58. The molecule has 0 spiro atoms. The summed E-state index contributed by atoms with van der Waals surface area (Å²) < 4.78 is 20.1. The summed E-state index contributed by atoms with van der Waals surface area (Å²) in [5.74, 6) is -0.947. The van der Waals surface area contributed by atoms with Crippen molar-refractivity contribution in [1.82, 2.24) is 4.90 Å². The Hall–Kier alpha value is -2.16. The summed E-state index contributed by atoms with van der Waals surface area (Å²) in [6.07, 6.45) is 6.99. The average molecular weight is 448 g/mol. The van der Waals surface area contributed by atoms with Gasteiger partial charge in [0.2, 0.25) is 0 Å². The lowest BCUT2D eigenvalue weighted by Crippen LogP contribution is -2.60. The van der Waals surface area contributed by atoms with Crippen LogP contribution in [-0.4, -0.2) is 70.6 Å². The van der Waals surface area contributed by atoms with E-state index >= 15 is 0 Å². The molecule has 6 nitrogen and oxygen atoms in total. The Labute approximate surface area is 189 Å². The molecule has 0 radical (unpaired) electrons. The van der Waals surface area contributed by atoms with E-state index in [0.717, 1.165) is 30.4 Å². The van der Waals surface area contributed by atoms with E-state index in [0.29, 0.717) is 25.3 Å². The molecule has 0 bridgehead atoms. The molecule has 1 saturated heterocycles. The number of aliphatic hydroxyl groups is 3. The quantitative estimate of drug-likeness (QED) is 0.337. The maximum atomic E-state index is 14.5. The van der Waals surface area contributed by atoms with Crippen LogP contribution in [0.1, 0.15) is 37.3 Å². The molecule has 0 aromatic heterocycles. The van der Waals surface area contributed by atoms with Crippen LogP contribution < -0.4 is 0 Å². The number of benzene rings is 1. The van der Waals surface area contributed by atoms with Crippen molar-refractivity contribution < 1.29 is 29.2 Å². The Morgan fingerprint density at radius 3 is 2.75 bits per heavy atom. The predicted octanol–water partition coefficient (Wildman–Crippen LogP) is 2.63. The number of piperidine rings is 1. The lowest BCUT2D eigenvalue weighted by atomic mass is 9.95. The minimum absolute atomic E-state index is 0.122. The molecule has 2 rings (SSSR count). The standard InChI is InChI=1S/C25H34FNO5/c1-3-5-9-19(4-2)20-11-10-18(14-21(20)26)17-32-13-8-6-7-12-27-15-23(29)25(31)24(30)22(27)16-28/h3-5,9-11,14,22-24,28-30H,2,6-8,12-13,15-17H2,1H3/b5-3-,19-9+/t22-,23-,24+/m0/s1. The first kappa shape index (κ1) is 26.1. The van der Waals surface area contributed by atoms with E-state index < -0.39 is 24.0 Å². The predicted molar refractivity (Wildman–Crippen MR) is 122 cm³/mol. The number of carbonyl (C=O) groups is 1. The number of likely N-dealkylation sites (tertiary alicyclic amines) is 1. The van der Waals surface area contributed by atoms with Gasteiger partial charge in [0.25, 0.3) is 0 Å². The zero-order valence-corrected chi connectivity index (χ0v) is 18.6. The van der Waals surface area contributed by atoms with Crippen LogP contribution in [0.4, 0.5) is 4.39 Å². The molecule has 0 aliphatic carbocycles. The second-order valence-electron chi connectivity index (χ2n) is 7.89. The Morgan fingerprint density at radius 1 is 1.31 bits per heavy atom. The maximum Gasteiger partial charge on any atom is 0.192 e. The number of halogens is 1. The first-order chi connectivity index (χ1) is 15.4. The Balaban J connectivity index is 1.71. The number of hydrogen-bond acceptors (Lipinski definition) is 6. The number of allylic oxidation sites excluding steroid dienone is 5. The fourth-order valence-corrected chi connectivity index (χ4v) is 3.74.